The molecule has 262 valence electrons. The molecule has 0 unspecified atom stereocenters. The van der Waals surface area contributed by atoms with Crippen molar-refractivity contribution in [3.8, 4) is 11.5 Å². The van der Waals surface area contributed by atoms with Gasteiger partial charge in [0.2, 0.25) is 18.6 Å². The Morgan fingerprint density at radius 1 is 1.08 bits per heavy atom. The van der Waals surface area contributed by atoms with Crippen molar-refractivity contribution in [3.05, 3.63) is 48.6 Å². The Morgan fingerprint density at radius 3 is 2.35 bits per heavy atom. The van der Waals surface area contributed by atoms with E-state index in [0.717, 1.165) is 43.2 Å². The number of unbranched alkanes of at least 4 members (excludes halogenated alkanes) is 3. The molecule has 1 saturated carbocycles. The fourth-order valence-electron chi connectivity index (χ4n) is 6.84. The molecular formula is C36H50N4O8. The van der Waals surface area contributed by atoms with E-state index in [1.807, 2.05) is 31.2 Å². The minimum Gasteiger partial charge on any atom is -0.454 e. The Balaban J connectivity index is 1.31. The number of nitrogens with zero attached hydrogens (tertiary/aromatic N) is 2. The van der Waals surface area contributed by atoms with Gasteiger partial charge in [-0.25, -0.2) is 9.59 Å². The van der Waals surface area contributed by atoms with Crippen LogP contribution in [0, 0.1) is 5.92 Å². The quantitative estimate of drug-likeness (QED) is 0.213. The van der Waals surface area contributed by atoms with Crippen molar-refractivity contribution in [1.29, 1.82) is 0 Å². The fourth-order valence-corrected chi connectivity index (χ4v) is 6.84. The summed E-state index contributed by atoms with van der Waals surface area (Å²) in [5, 5.41) is 5.95. The zero-order chi connectivity index (χ0) is 34.6. The van der Waals surface area contributed by atoms with Crippen LogP contribution in [0.25, 0.3) is 0 Å². The zero-order valence-corrected chi connectivity index (χ0v) is 28.7. The minimum absolute atomic E-state index is 0.0202. The van der Waals surface area contributed by atoms with E-state index in [-0.39, 0.29) is 31.6 Å². The van der Waals surface area contributed by atoms with E-state index in [9.17, 15) is 19.2 Å². The molecule has 48 heavy (non-hydrogen) atoms. The van der Waals surface area contributed by atoms with Crippen molar-refractivity contribution in [2.75, 3.05) is 13.3 Å². The number of benzene rings is 1. The Labute approximate surface area is 283 Å². The highest BCUT2D eigenvalue weighted by Gasteiger charge is 2.54. The number of fused-ring (bicyclic) bond motifs is 2. The predicted molar refractivity (Wildman–Crippen MR) is 178 cm³/mol. The maximum absolute atomic E-state index is 14.3. The first kappa shape index (κ1) is 35.1. The van der Waals surface area contributed by atoms with Crippen LogP contribution >= 0.6 is 0 Å². The molecule has 5 rings (SSSR count). The molecule has 3 aliphatic heterocycles. The number of carbonyl (C=O) groups excluding carboxylic acids is 4. The molecule has 1 aromatic carbocycles. The van der Waals surface area contributed by atoms with Gasteiger partial charge >= 0.3 is 12.2 Å². The van der Waals surface area contributed by atoms with E-state index in [2.05, 4.69) is 23.8 Å². The van der Waals surface area contributed by atoms with Gasteiger partial charge in [0, 0.05) is 31.0 Å². The lowest BCUT2D eigenvalue weighted by atomic mass is 10.0. The first-order valence-corrected chi connectivity index (χ1v) is 17.1. The number of likely N-dealkylation sites (tertiary alicyclic amines) is 1. The van der Waals surface area contributed by atoms with Gasteiger partial charge in [-0.3, -0.25) is 14.5 Å². The second-order valence-electron chi connectivity index (χ2n) is 14.2. The van der Waals surface area contributed by atoms with Gasteiger partial charge in [0.05, 0.1) is 6.54 Å². The SMILES string of the molecule is C=CCCCCC[C@H](NC(=O)OC(C)(C)C)C(=O)N1C[C@H](OC(=O)N2Cc3cc4c(cc3C2)OCO4)C[C@H]1C(=O)N[C@]1(CC)C[C@H]1C=C. The molecule has 0 aromatic heterocycles. The predicted octanol–water partition coefficient (Wildman–Crippen LogP) is 5.34. The number of allylic oxidation sites excluding steroid dienone is 1. The van der Waals surface area contributed by atoms with E-state index < -0.39 is 47.4 Å². The summed E-state index contributed by atoms with van der Waals surface area (Å²) in [5.41, 5.74) is 0.738. The van der Waals surface area contributed by atoms with Crippen LogP contribution in [0.1, 0.15) is 90.2 Å². The van der Waals surface area contributed by atoms with E-state index >= 15 is 0 Å². The number of alkyl carbamates (subject to hydrolysis) is 1. The molecule has 2 N–H and O–H groups in total. The van der Waals surface area contributed by atoms with Crippen LogP contribution in [-0.4, -0.2) is 76.5 Å². The molecule has 1 aromatic rings. The summed E-state index contributed by atoms with van der Waals surface area (Å²) in [6.45, 7) is 15.8. The van der Waals surface area contributed by atoms with Crippen molar-refractivity contribution < 1.29 is 38.1 Å². The summed E-state index contributed by atoms with van der Waals surface area (Å²) in [6.07, 6.45) is 7.03. The van der Waals surface area contributed by atoms with Crippen LogP contribution in [-0.2, 0) is 32.2 Å². The Morgan fingerprint density at radius 2 is 1.77 bits per heavy atom. The van der Waals surface area contributed by atoms with Crippen LogP contribution in [0.15, 0.2) is 37.4 Å². The second-order valence-corrected chi connectivity index (χ2v) is 14.2. The van der Waals surface area contributed by atoms with Gasteiger partial charge in [0.15, 0.2) is 11.5 Å². The first-order valence-electron chi connectivity index (χ1n) is 17.1. The summed E-state index contributed by atoms with van der Waals surface area (Å²) in [7, 11) is 0. The summed E-state index contributed by atoms with van der Waals surface area (Å²) in [5.74, 6) is 0.734. The van der Waals surface area contributed by atoms with Gasteiger partial charge in [-0.1, -0.05) is 31.9 Å². The standard InChI is InChI=1S/C36H50N4O8/c1-7-10-11-12-13-14-27(37-33(43)48-35(4,5)6)32(42)40-21-26(17-28(40)31(41)38-36(9-3)18-25(36)8-2)47-34(44)39-19-23-15-29-30(46-22-45-29)16-24(23)20-39/h7-8,15-16,25-28H,1-2,9-14,17-22H2,3-6H3,(H,37,43)(H,38,41)/t25-,26-,27+,28+,36-/m1/s1. The molecule has 0 radical (unpaired) electrons. The third-order valence-electron chi connectivity index (χ3n) is 9.60. The first-order chi connectivity index (χ1) is 22.9. The fraction of sp³-hybridized carbons (Fsp3) is 0.611. The molecular weight excluding hydrogens is 616 g/mol. The molecule has 4 amide bonds. The van der Waals surface area contributed by atoms with Crippen LogP contribution in [0.2, 0.25) is 0 Å². The number of ether oxygens (including phenoxy) is 4. The molecule has 4 aliphatic rings. The van der Waals surface area contributed by atoms with Gasteiger partial charge < -0.3 is 34.5 Å². The number of amides is 4. The lowest BCUT2D eigenvalue weighted by Gasteiger charge is -2.30. The Bertz CT molecular complexity index is 1390. The average Bonchev–Trinajstić information content (AvgIpc) is 3.38. The van der Waals surface area contributed by atoms with Crippen molar-refractivity contribution in [3.63, 3.8) is 0 Å². The van der Waals surface area contributed by atoms with Crippen LogP contribution in [0.4, 0.5) is 9.59 Å². The maximum Gasteiger partial charge on any atom is 0.410 e. The van der Waals surface area contributed by atoms with Crippen molar-refractivity contribution >= 4 is 24.0 Å². The number of hydrogen-bond acceptors (Lipinski definition) is 8. The minimum atomic E-state index is -0.921. The highest BCUT2D eigenvalue weighted by molar-refractivity contribution is 5.92. The molecule has 12 heteroatoms. The van der Waals surface area contributed by atoms with Crippen molar-refractivity contribution in [1.82, 2.24) is 20.4 Å². The topological polar surface area (TPSA) is 136 Å². The summed E-state index contributed by atoms with van der Waals surface area (Å²) in [6, 6.07) is 1.96. The number of nitrogens with one attached hydrogen (secondary N) is 2. The maximum atomic E-state index is 14.3. The van der Waals surface area contributed by atoms with Crippen LogP contribution in [0.3, 0.4) is 0 Å². The average molecular weight is 667 g/mol. The zero-order valence-electron chi connectivity index (χ0n) is 28.7. The molecule has 12 nitrogen and oxygen atoms in total. The lowest BCUT2D eigenvalue weighted by molar-refractivity contribution is -0.140. The molecule has 0 spiro atoms. The summed E-state index contributed by atoms with van der Waals surface area (Å²) in [4.78, 5) is 57.5. The van der Waals surface area contributed by atoms with E-state index in [1.54, 1.807) is 25.7 Å². The highest BCUT2D eigenvalue weighted by atomic mass is 16.7. The monoisotopic (exact) mass is 666 g/mol. The summed E-state index contributed by atoms with van der Waals surface area (Å²) < 4.78 is 22.4. The highest BCUT2D eigenvalue weighted by Crippen LogP contribution is 2.47. The van der Waals surface area contributed by atoms with Gasteiger partial charge in [0.1, 0.15) is 23.8 Å². The number of carbonyl (C=O) groups is 4. The van der Waals surface area contributed by atoms with E-state index in [4.69, 9.17) is 18.9 Å². The van der Waals surface area contributed by atoms with Gasteiger partial charge in [-0.05, 0) is 76.1 Å². The molecule has 0 bridgehead atoms. The van der Waals surface area contributed by atoms with Gasteiger partial charge in [-0.2, -0.15) is 0 Å². The third kappa shape index (κ3) is 8.07. The van der Waals surface area contributed by atoms with Gasteiger partial charge in [0.25, 0.3) is 0 Å². The molecule has 2 fully saturated rings. The van der Waals surface area contributed by atoms with Gasteiger partial charge in [-0.15, -0.1) is 13.2 Å². The lowest BCUT2D eigenvalue weighted by Crippen LogP contribution is -2.55. The van der Waals surface area contributed by atoms with E-state index in [0.29, 0.717) is 37.4 Å². The van der Waals surface area contributed by atoms with E-state index in [1.165, 1.54) is 4.90 Å². The smallest absolute Gasteiger partial charge is 0.410 e. The molecule has 3 heterocycles. The third-order valence-corrected chi connectivity index (χ3v) is 9.60. The molecule has 1 saturated heterocycles. The Kier molecular flexibility index (Phi) is 10.6. The Hall–Kier alpha value is -4.22. The van der Waals surface area contributed by atoms with Crippen LogP contribution < -0.4 is 20.1 Å². The molecule has 1 aliphatic carbocycles. The summed E-state index contributed by atoms with van der Waals surface area (Å²) >= 11 is 0. The second kappa shape index (κ2) is 14.5. The normalized spacial score (nSPS) is 24.4. The molecule has 5 atom stereocenters. The van der Waals surface area contributed by atoms with Crippen molar-refractivity contribution in [2.45, 2.75) is 121 Å². The largest absolute Gasteiger partial charge is 0.454 e. The van der Waals surface area contributed by atoms with Crippen LogP contribution in [0.5, 0.6) is 11.5 Å². The van der Waals surface area contributed by atoms with Crippen molar-refractivity contribution in [2.24, 2.45) is 5.92 Å². The number of rotatable bonds is 13. The number of hydrogen-bond donors (Lipinski definition) is 2.